The molecular formula is C25H43N3O2S. The van der Waals surface area contributed by atoms with Crippen molar-refractivity contribution in [2.45, 2.75) is 72.3 Å². The summed E-state index contributed by atoms with van der Waals surface area (Å²) < 4.78 is 0. The molecule has 0 heterocycles. The third-order valence-corrected chi connectivity index (χ3v) is 5.12. The molecule has 0 aromatic heterocycles. The first-order chi connectivity index (χ1) is 14.9. The van der Waals surface area contributed by atoms with Gasteiger partial charge in [0.05, 0.1) is 0 Å². The molecule has 0 saturated carbocycles. The van der Waals surface area contributed by atoms with Crippen LogP contribution in [-0.2, 0) is 9.59 Å². The van der Waals surface area contributed by atoms with E-state index in [1.807, 2.05) is 26.0 Å². The van der Waals surface area contributed by atoms with Crippen LogP contribution >= 0.6 is 12.6 Å². The zero-order valence-corrected chi connectivity index (χ0v) is 20.9. The summed E-state index contributed by atoms with van der Waals surface area (Å²) in [7, 11) is 0. The number of likely N-dealkylation sites (N-methyl/N-ethyl adjacent to an activating group) is 1. The average molecular weight is 450 g/mol. The zero-order chi connectivity index (χ0) is 23.6. The summed E-state index contributed by atoms with van der Waals surface area (Å²) in [5.41, 5.74) is 8.97. The molecule has 0 saturated heterocycles. The molecule has 0 fully saturated rings. The third-order valence-electron chi connectivity index (χ3n) is 5.12. The minimum absolute atomic E-state index is 0.0714. The van der Waals surface area contributed by atoms with Crippen molar-refractivity contribution in [3.05, 3.63) is 41.5 Å². The van der Waals surface area contributed by atoms with Crippen LogP contribution in [-0.4, -0.2) is 37.2 Å². The second kappa shape index (κ2) is 17.8. The molecule has 4 N–H and O–H groups in total. The second-order valence-corrected chi connectivity index (χ2v) is 7.68. The summed E-state index contributed by atoms with van der Waals surface area (Å²) in [6.45, 7) is 9.19. The highest BCUT2D eigenvalue weighted by atomic mass is 32.1. The lowest BCUT2D eigenvalue weighted by molar-refractivity contribution is -0.130. The average Bonchev–Trinajstić information content (AvgIpc) is 2.77. The Morgan fingerprint density at radius 1 is 1.13 bits per heavy atom. The molecule has 31 heavy (non-hydrogen) atoms. The van der Waals surface area contributed by atoms with Gasteiger partial charge < -0.3 is 16.4 Å². The van der Waals surface area contributed by atoms with E-state index in [1.54, 1.807) is 6.26 Å². The Labute approximate surface area is 195 Å². The molecule has 5 nitrogen and oxygen atoms in total. The molecule has 2 amide bonds. The van der Waals surface area contributed by atoms with Crippen molar-refractivity contribution in [3.8, 4) is 0 Å². The van der Waals surface area contributed by atoms with Crippen LogP contribution < -0.4 is 16.4 Å². The smallest absolute Gasteiger partial charge is 0.242 e. The lowest BCUT2D eigenvalue weighted by Gasteiger charge is -2.23. The van der Waals surface area contributed by atoms with Crippen molar-refractivity contribution >= 4 is 30.0 Å². The SMILES string of the molecule is CCC/C=C(/CC(NC(=O)[C@@H](C)CCCCN)C(=O)NCC)c1ccccc1C.CS. The number of thiol groups is 1. The fraction of sp³-hybridized carbons (Fsp3) is 0.600. The minimum Gasteiger partial charge on any atom is -0.355 e. The molecule has 0 aliphatic heterocycles. The van der Waals surface area contributed by atoms with Crippen LogP contribution in [0.1, 0.15) is 70.4 Å². The van der Waals surface area contributed by atoms with Crippen LogP contribution in [0, 0.1) is 12.8 Å². The fourth-order valence-corrected chi connectivity index (χ4v) is 3.32. The largest absolute Gasteiger partial charge is 0.355 e. The number of aryl methyl sites for hydroxylation is 1. The highest BCUT2D eigenvalue weighted by molar-refractivity contribution is 7.79. The molecule has 0 radical (unpaired) electrons. The lowest BCUT2D eigenvalue weighted by Crippen LogP contribution is -2.48. The first-order valence-electron chi connectivity index (χ1n) is 11.4. The topological polar surface area (TPSA) is 84.2 Å². The van der Waals surface area contributed by atoms with E-state index >= 15 is 0 Å². The van der Waals surface area contributed by atoms with Crippen molar-refractivity contribution in [2.24, 2.45) is 11.7 Å². The number of carbonyl (C=O) groups is 2. The van der Waals surface area contributed by atoms with E-state index in [1.165, 1.54) is 5.56 Å². The maximum atomic E-state index is 12.7. The molecule has 6 heteroatoms. The standard InChI is InChI=1S/C24H39N3O2.CH4S/c1-5-7-14-20(21-15-9-8-12-18(21)3)17-22(24(29)26-6-2)27-23(28)19(4)13-10-11-16-25;1-2/h8-9,12,14-15,19,22H,5-7,10-11,13,16-17,25H2,1-4H3,(H,26,29)(H,27,28);2H,1H3/b20-14-;/t19-,22?;/m0./s1. The van der Waals surface area contributed by atoms with E-state index in [0.717, 1.165) is 43.2 Å². The molecule has 1 aromatic carbocycles. The van der Waals surface area contributed by atoms with Crippen molar-refractivity contribution in [3.63, 3.8) is 0 Å². The summed E-state index contributed by atoms with van der Waals surface area (Å²) in [6.07, 6.45) is 8.96. The van der Waals surface area contributed by atoms with Gasteiger partial charge in [-0.05, 0) is 62.6 Å². The maximum Gasteiger partial charge on any atom is 0.242 e. The van der Waals surface area contributed by atoms with E-state index in [4.69, 9.17) is 5.73 Å². The Bertz CT molecular complexity index is 676. The van der Waals surface area contributed by atoms with Crippen LogP contribution in [0.25, 0.3) is 5.57 Å². The lowest BCUT2D eigenvalue weighted by atomic mass is 9.93. The highest BCUT2D eigenvalue weighted by Gasteiger charge is 2.24. The van der Waals surface area contributed by atoms with E-state index in [0.29, 0.717) is 19.5 Å². The second-order valence-electron chi connectivity index (χ2n) is 7.68. The molecule has 1 unspecified atom stereocenters. The van der Waals surface area contributed by atoms with Gasteiger partial charge in [0, 0.05) is 18.9 Å². The molecular weight excluding hydrogens is 406 g/mol. The van der Waals surface area contributed by atoms with Gasteiger partial charge in [0.15, 0.2) is 0 Å². The van der Waals surface area contributed by atoms with Crippen LogP contribution in [0.15, 0.2) is 30.3 Å². The molecule has 1 rings (SSSR count). The Kier molecular flexibility index (Phi) is 16.8. The number of unbranched alkanes of at least 4 members (excludes halogenated alkanes) is 2. The number of benzene rings is 1. The van der Waals surface area contributed by atoms with Gasteiger partial charge in [0.1, 0.15) is 6.04 Å². The fourth-order valence-electron chi connectivity index (χ4n) is 3.32. The number of rotatable bonds is 13. The number of nitrogens with two attached hydrogens (primary N) is 1. The molecule has 1 aromatic rings. The monoisotopic (exact) mass is 449 g/mol. The van der Waals surface area contributed by atoms with Gasteiger partial charge in [-0.1, -0.05) is 57.0 Å². The molecule has 0 spiro atoms. The summed E-state index contributed by atoms with van der Waals surface area (Å²) in [5.74, 6) is -0.344. The Morgan fingerprint density at radius 2 is 1.81 bits per heavy atom. The number of nitrogens with one attached hydrogen (secondary N) is 2. The van der Waals surface area contributed by atoms with Crippen molar-refractivity contribution in [1.82, 2.24) is 10.6 Å². The quantitative estimate of drug-likeness (QED) is 0.264. The molecule has 0 bridgehead atoms. The highest BCUT2D eigenvalue weighted by Crippen LogP contribution is 2.25. The van der Waals surface area contributed by atoms with Crippen LogP contribution in [0.2, 0.25) is 0 Å². The molecule has 0 aliphatic carbocycles. The van der Waals surface area contributed by atoms with Crippen LogP contribution in [0.4, 0.5) is 0 Å². The number of carbonyl (C=O) groups excluding carboxylic acids is 2. The number of amides is 2. The summed E-state index contributed by atoms with van der Waals surface area (Å²) >= 11 is 3.53. The van der Waals surface area contributed by atoms with E-state index < -0.39 is 6.04 Å². The predicted molar refractivity (Wildman–Crippen MR) is 136 cm³/mol. The van der Waals surface area contributed by atoms with Crippen molar-refractivity contribution in [2.75, 3.05) is 19.3 Å². The van der Waals surface area contributed by atoms with Gasteiger partial charge >= 0.3 is 0 Å². The van der Waals surface area contributed by atoms with Crippen molar-refractivity contribution < 1.29 is 9.59 Å². The Morgan fingerprint density at radius 3 is 2.39 bits per heavy atom. The van der Waals surface area contributed by atoms with Gasteiger partial charge in [-0.25, -0.2) is 0 Å². The maximum absolute atomic E-state index is 12.7. The van der Waals surface area contributed by atoms with Gasteiger partial charge in [-0.2, -0.15) is 12.6 Å². The van der Waals surface area contributed by atoms with Crippen LogP contribution in [0.5, 0.6) is 0 Å². The first-order valence-corrected chi connectivity index (χ1v) is 12.3. The number of hydrogen-bond acceptors (Lipinski definition) is 4. The van der Waals surface area contributed by atoms with Gasteiger partial charge in [0.25, 0.3) is 0 Å². The molecule has 176 valence electrons. The minimum atomic E-state index is -0.581. The molecule has 0 aliphatic rings. The third kappa shape index (κ3) is 11.4. The zero-order valence-electron chi connectivity index (χ0n) is 20.0. The number of hydrogen-bond donors (Lipinski definition) is 4. The summed E-state index contributed by atoms with van der Waals surface area (Å²) in [4.78, 5) is 25.4. The van der Waals surface area contributed by atoms with Crippen LogP contribution in [0.3, 0.4) is 0 Å². The normalized spacial score (nSPS) is 12.9. The Hall–Kier alpha value is -1.79. The van der Waals surface area contributed by atoms with Gasteiger partial charge in [-0.15, -0.1) is 0 Å². The Balaban J connectivity index is 0.00000436. The summed E-state index contributed by atoms with van der Waals surface area (Å²) in [5, 5.41) is 5.87. The predicted octanol–water partition coefficient (Wildman–Crippen LogP) is 4.50. The number of allylic oxidation sites excluding steroid dienone is 1. The molecule has 2 atom stereocenters. The van der Waals surface area contributed by atoms with Crippen molar-refractivity contribution in [1.29, 1.82) is 0 Å². The van der Waals surface area contributed by atoms with E-state index in [2.05, 4.69) is 55.3 Å². The first kappa shape index (κ1) is 29.2. The van der Waals surface area contributed by atoms with E-state index in [-0.39, 0.29) is 17.7 Å². The van der Waals surface area contributed by atoms with E-state index in [9.17, 15) is 9.59 Å². The summed E-state index contributed by atoms with van der Waals surface area (Å²) in [6, 6.07) is 7.61. The van der Waals surface area contributed by atoms with Gasteiger partial charge in [-0.3, -0.25) is 9.59 Å². The van der Waals surface area contributed by atoms with Gasteiger partial charge in [0.2, 0.25) is 11.8 Å².